The minimum atomic E-state index is 0.501. The van der Waals surface area contributed by atoms with E-state index in [2.05, 4.69) is 41.8 Å². The van der Waals surface area contributed by atoms with E-state index in [1.165, 1.54) is 12.0 Å². The van der Waals surface area contributed by atoms with Gasteiger partial charge in [0.15, 0.2) is 0 Å². The van der Waals surface area contributed by atoms with Crippen molar-refractivity contribution in [2.75, 3.05) is 26.7 Å². The van der Waals surface area contributed by atoms with Crippen LogP contribution < -0.4 is 10.6 Å². The van der Waals surface area contributed by atoms with E-state index in [1.807, 2.05) is 24.3 Å². The van der Waals surface area contributed by atoms with Crippen molar-refractivity contribution in [1.82, 2.24) is 15.5 Å². The SMILES string of the molecule is C=C(NCCc1ccc(C(=C)C#N)cc1)NC1CCN(C)C1. The summed E-state index contributed by atoms with van der Waals surface area (Å²) < 4.78 is 0. The highest BCUT2D eigenvalue weighted by atomic mass is 15.2. The van der Waals surface area contributed by atoms with Crippen molar-refractivity contribution in [3.8, 4) is 6.07 Å². The lowest BCUT2D eigenvalue weighted by Crippen LogP contribution is -2.36. The molecule has 1 aliphatic rings. The van der Waals surface area contributed by atoms with Crippen LogP contribution in [0.1, 0.15) is 17.5 Å². The van der Waals surface area contributed by atoms with E-state index in [4.69, 9.17) is 5.26 Å². The smallest absolute Gasteiger partial charge is 0.0991 e. The maximum atomic E-state index is 8.81. The molecule has 0 saturated carbocycles. The zero-order valence-electron chi connectivity index (χ0n) is 13.2. The third-order valence-electron chi connectivity index (χ3n) is 3.96. The number of hydrogen-bond donors (Lipinski definition) is 2. The lowest BCUT2D eigenvalue weighted by molar-refractivity contribution is 0.402. The molecule has 2 rings (SSSR count). The van der Waals surface area contributed by atoms with Crippen molar-refractivity contribution >= 4 is 5.57 Å². The van der Waals surface area contributed by atoms with Gasteiger partial charge in [0, 0.05) is 19.1 Å². The molecular formula is C18H24N4. The predicted molar refractivity (Wildman–Crippen MR) is 91.0 cm³/mol. The second kappa shape index (κ2) is 7.67. The molecule has 4 nitrogen and oxygen atoms in total. The summed E-state index contributed by atoms with van der Waals surface area (Å²) in [4.78, 5) is 2.32. The van der Waals surface area contributed by atoms with Crippen LogP contribution in [0.2, 0.25) is 0 Å². The highest BCUT2D eigenvalue weighted by Crippen LogP contribution is 2.12. The molecule has 0 bridgehead atoms. The molecule has 116 valence electrons. The first-order valence-corrected chi connectivity index (χ1v) is 7.64. The van der Waals surface area contributed by atoms with Gasteiger partial charge in [0.05, 0.1) is 17.5 Å². The molecule has 1 unspecified atom stereocenters. The number of benzene rings is 1. The van der Waals surface area contributed by atoms with Crippen LogP contribution in [-0.2, 0) is 6.42 Å². The average Bonchev–Trinajstić information content (AvgIpc) is 2.92. The third-order valence-corrected chi connectivity index (χ3v) is 3.96. The Morgan fingerprint density at radius 3 is 2.68 bits per heavy atom. The Labute approximate surface area is 133 Å². The number of rotatable bonds is 7. The van der Waals surface area contributed by atoms with Crippen LogP contribution in [0.5, 0.6) is 0 Å². The molecule has 1 aromatic rings. The summed E-state index contributed by atoms with van der Waals surface area (Å²) in [6.07, 6.45) is 2.09. The van der Waals surface area contributed by atoms with E-state index in [-0.39, 0.29) is 0 Å². The maximum absolute atomic E-state index is 8.81. The molecular weight excluding hydrogens is 272 g/mol. The monoisotopic (exact) mass is 296 g/mol. The van der Waals surface area contributed by atoms with E-state index in [1.54, 1.807) is 0 Å². The first kappa shape index (κ1) is 16.1. The van der Waals surface area contributed by atoms with Crippen LogP contribution in [-0.4, -0.2) is 37.6 Å². The number of hydrogen-bond acceptors (Lipinski definition) is 4. The Balaban J connectivity index is 1.71. The van der Waals surface area contributed by atoms with Crippen molar-refractivity contribution < 1.29 is 0 Å². The fourth-order valence-electron chi connectivity index (χ4n) is 2.65. The van der Waals surface area contributed by atoms with Gasteiger partial charge < -0.3 is 15.5 Å². The quantitative estimate of drug-likeness (QED) is 0.757. The third kappa shape index (κ3) is 4.64. The zero-order chi connectivity index (χ0) is 15.9. The minimum Gasteiger partial charge on any atom is -0.372 e. The molecule has 0 spiro atoms. The zero-order valence-corrected chi connectivity index (χ0v) is 13.2. The highest BCUT2D eigenvalue weighted by Gasteiger charge is 2.18. The second-order valence-electron chi connectivity index (χ2n) is 5.83. The summed E-state index contributed by atoms with van der Waals surface area (Å²) in [6, 6.07) is 10.5. The lowest BCUT2D eigenvalue weighted by Gasteiger charge is -2.17. The van der Waals surface area contributed by atoms with Crippen LogP contribution in [0.25, 0.3) is 5.57 Å². The molecule has 0 amide bonds. The van der Waals surface area contributed by atoms with Crippen molar-refractivity contribution in [2.45, 2.75) is 18.9 Å². The molecule has 0 aliphatic carbocycles. The van der Waals surface area contributed by atoms with Crippen molar-refractivity contribution in [3.05, 3.63) is 54.4 Å². The largest absolute Gasteiger partial charge is 0.372 e. The van der Waals surface area contributed by atoms with Crippen LogP contribution in [0.4, 0.5) is 0 Å². The summed E-state index contributed by atoms with van der Waals surface area (Å²) in [5.74, 6) is 0.898. The van der Waals surface area contributed by atoms with Gasteiger partial charge in [-0.3, -0.25) is 0 Å². The summed E-state index contributed by atoms with van der Waals surface area (Å²) in [7, 11) is 2.14. The number of likely N-dealkylation sites (N-methyl/N-ethyl adjacent to an activating group) is 1. The molecule has 1 aliphatic heterocycles. The van der Waals surface area contributed by atoms with Crippen LogP contribution in [0.15, 0.2) is 43.2 Å². The number of nitrogens with zero attached hydrogens (tertiary/aromatic N) is 2. The highest BCUT2D eigenvalue weighted by molar-refractivity contribution is 5.74. The Morgan fingerprint density at radius 2 is 2.09 bits per heavy atom. The number of likely N-dealkylation sites (tertiary alicyclic amines) is 1. The molecule has 1 saturated heterocycles. The molecule has 1 heterocycles. The van der Waals surface area contributed by atoms with Gasteiger partial charge in [0.25, 0.3) is 0 Å². The molecule has 1 atom stereocenters. The average molecular weight is 296 g/mol. The summed E-state index contributed by atoms with van der Waals surface area (Å²) in [5.41, 5.74) is 2.62. The molecule has 22 heavy (non-hydrogen) atoms. The van der Waals surface area contributed by atoms with E-state index < -0.39 is 0 Å². The number of nitrogens with one attached hydrogen (secondary N) is 2. The maximum Gasteiger partial charge on any atom is 0.0991 e. The van der Waals surface area contributed by atoms with Crippen molar-refractivity contribution in [1.29, 1.82) is 5.26 Å². The van der Waals surface area contributed by atoms with Gasteiger partial charge in [-0.15, -0.1) is 0 Å². The van der Waals surface area contributed by atoms with Crippen molar-refractivity contribution in [2.24, 2.45) is 0 Å². The summed E-state index contributed by atoms with van der Waals surface area (Å²) in [6.45, 7) is 10.8. The van der Waals surface area contributed by atoms with E-state index in [9.17, 15) is 0 Å². The van der Waals surface area contributed by atoms with Gasteiger partial charge in [-0.05, 0) is 37.6 Å². The molecule has 0 aromatic heterocycles. The van der Waals surface area contributed by atoms with Crippen molar-refractivity contribution in [3.63, 3.8) is 0 Å². The van der Waals surface area contributed by atoms with Gasteiger partial charge >= 0.3 is 0 Å². The van der Waals surface area contributed by atoms with Crippen LogP contribution >= 0.6 is 0 Å². The van der Waals surface area contributed by atoms with E-state index >= 15 is 0 Å². The van der Waals surface area contributed by atoms with Crippen LogP contribution in [0.3, 0.4) is 0 Å². The van der Waals surface area contributed by atoms with E-state index in [0.717, 1.165) is 37.4 Å². The number of allylic oxidation sites excluding steroid dienone is 1. The Morgan fingerprint density at radius 1 is 1.36 bits per heavy atom. The van der Waals surface area contributed by atoms with Gasteiger partial charge in [-0.25, -0.2) is 0 Å². The van der Waals surface area contributed by atoms with Gasteiger partial charge in [0.2, 0.25) is 0 Å². The minimum absolute atomic E-state index is 0.501. The first-order valence-electron chi connectivity index (χ1n) is 7.64. The molecule has 2 N–H and O–H groups in total. The summed E-state index contributed by atoms with van der Waals surface area (Å²) >= 11 is 0. The van der Waals surface area contributed by atoms with Gasteiger partial charge in [-0.2, -0.15) is 5.26 Å². The van der Waals surface area contributed by atoms with Gasteiger partial charge in [-0.1, -0.05) is 37.4 Å². The topological polar surface area (TPSA) is 51.1 Å². The normalized spacial score (nSPS) is 17.7. The molecule has 1 aromatic carbocycles. The Bertz CT molecular complexity index is 568. The molecule has 0 radical (unpaired) electrons. The standard InChI is InChI=1S/C18H24N4/c1-14(12-19)17-6-4-16(5-7-17)8-10-20-15(2)21-18-9-11-22(3)13-18/h4-7,18,20-21H,1-2,8-11,13H2,3H3. The Hall–Kier alpha value is -2.25. The molecule has 1 fully saturated rings. The van der Waals surface area contributed by atoms with Crippen LogP contribution in [0, 0.1) is 11.3 Å². The first-order chi connectivity index (χ1) is 10.6. The lowest BCUT2D eigenvalue weighted by atomic mass is 10.0. The summed E-state index contributed by atoms with van der Waals surface area (Å²) in [5, 5.41) is 15.6. The van der Waals surface area contributed by atoms with Gasteiger partial charge in [0.1, 0.15) is 0 Å². The predicted octanol–water partition coefficient (Wildman–Crippen LogP) is 2.12. The number of nitriles is 1. The fourth-order valence-corrected chi connectivity index (χ4v) is 2.65. The Kier molecular flexibility index (Phi) is 5.62. The molecule has 4 heteroatoms. The fraction of sp³-hybridized carbons (Fsp3) is 0.389. The second-order valence-corrected chi connectivity index (χ2v) is 5.83. The van der Waals surface area contributed by atoms with E-state index in [0.29, 0.717) is 11.6 Å².